The lowest BCUT2D eigenvalue weighted by Crippen LogP contribution is -2.55. The van der Waals surface area contributed by atoms with E-state index in [1.54, 1.807) is 36.4 Å². The van der Waals surface area contributed by atoms with Gasteiger partial charge < -0.3 is 35.0 Å². The molecule has 3 aromatic carbocycles. The molecule has 1 aliphatic heterocycles. The Morgan fingerprint density at radius 3 is 2.31 bits per heavy atom. The third-order valence-corrected chi connectivity index (χ3v) is 6.06. The molecule has 0 spiro atoms. The lowest BCUT2D eigenvalue weighted by Gasteiger charge is -2.40. The molecule has 1 heterocycles. The van der Waals surface area contributed by atoms with Crippen molar-refractivity contribution in [2.75, 3.05) is 6.61 Å². The van der Waals surface area contributed by atoms with Crippen molar-refractivity contribution in [1.29, 1.82) is 0 Å². The van der Waals surface area contributed by atoms with Crippen LogP contribution in [0, 0.1) is 0 Å². The maximum atomic E-state index is 13.5. The molecule has 0 amide bonds. The Bertz CT molecular complexity index is 1190. The molecule has 0 aliphatic carbocycles. The van der Waals surface area contributed by atoms with Crippen LogP contribution in [0.15, 0.2) is 78.9 Å². The van der Waals surface area contributed by atoms with Gasteiger partial charge in [0.1, 0.15) is 48.6 Å². The molecule has 0 saturated carbocycles. The van der Waals surface area contributed by atoms with Gasteiger partial charge in [0, 0.05) is 0 Å². The quantitative estimate of drug-likeness (QED) is 0.239. The maximum Gasteiger partial charge on any atom is 0.189 e. The van der Waals surface area contributed by atoms with Crippen LogP contribution in [-0.4, -0.2) is 62.3 Å². The predicted molar refractivity (Wildman–Crippen MR) is 131 cm³/mol. The van der Waals surface area contributed by atoms with E-state index in [1.807, 2.05) is 30.3 Å². The van der Waals surface area contributed by atoms with Crippen LogP contribution in [0.1, 0.15) is 33.2 Å². The highest BCUT2D eigenvalue weighted by atomic mass is 16.5. The minimum absolute atomic E-state index is 0.100. The van der Waals surface area contributed by atoms with E-state index in [0.717, 1.165) is 5.56 Å². The van der Waals surface area contributed by atoms with Crippen LogP contribution in [0.25, 0.3) is 6.08 Å². The number of carbonyl (C=O) groups excluding carboxylic acids is 1. The monoisotopic (exact) mass is 492 g/mol. The van der Waals surface area contributed by atoms with Crippen molar-refractivity contribution in [3.63, 3.8) is 0 Å². The summed E-state index contributed by atoms with van der Waals surface area (Å²) in [5, 5.41) is 50.3. The fraction of sp³-hybridized carbons (Fsp3) is 0.250. The molecule has 0 aromatic heterocycles. The lowest BCUT2D eigenvalue weighted by molar-refractivity contribution is -0.231. The molecule has 1 aliphatic rings. The van der Waals surface area contributed by atoms with E-state index in [1.165, 1.54) is 18.2 Å². The van der Waals surface area contributed by atoms with Crippen LogP contribution in [-0.2, 0) is 11.3 Å². The molecule has 4 rings (SSSR count). The molecule has 5 N–H and O–H groups in total. The van der Waals surface area contributed by atoms with Crippen LogP contribution in [0.4, 0.5) is 0 Å². The van der Waals surface area contributed by atoms with Gasteiger partial charge in [0.05, 0.1) is 12.2 Å². The number of ketones is 1. The number of aliphatic hydroxyl groups is 4. The van der Waals surface area contributed by atoms with Gasteiger partial charge in [0.2, 0.25) is 0 Å². The fourth-order valence-corrected chi connectivity index (χ4v) is 4.10. The van der Waals surface area contributed by atoms with Gasteiger partial charge in [-0.15, -0.1) is 0 Å². The number of phenolic OH excluding ortho intramolecular Hbond substituents is 1. The van der Waals surface area contributed by atoms with Gasteiger partial charge in [0.25, 0.3) is 0 Å². The standard InChI is InChI=1S/C28H28O8/c29-15-23-25(32)26(33)27(34)28(36-23)20-7-4-8-22(35-16-18-5-2-1-3-6-18)24(20)21(31)14-11-17-9-12-19(30)13-10-17/h1-14,23,25-30,32-34H,15-16H2/t23-,25-,26+,27-,28+/m1/s1. The second-order valence-corrected chi connectivity index (χ2v) is 8.53. The summed E-state index contributed by atoms with van der Waals surface area (Å²) < 4.78 is 11.7. The fourth-order valence-electron chi connectivity index (χ4n) is 4.10. The topological polar surface area (TPSA) is 137 Å². The van der Waals surface area contributed by atoms with Crippen molar-refractivity contribution in [3.05, 3.63) is 101 Å². The van der Waals surface area contributed by atoms with E-state index in [4.69, 9.17) is 9.47 Å². The number of aromatic hydroxyl groups is 1. The number of allylic oxidation sites excluding steroid dienone is 1. The maximum absolute atomic E-state index is 13.5. The van der Waals surface area contributed by atoms with Crippen molar-refractivity contribution in [2.24, 2.45) is 0 Å². The molecule has 0 bridgehead atoms. The van der Waals surface area contributed by atoms with Crippen LogP contribution in [0.3, 0.4) is 0 Å². The largest absolute Gasteiger partial charge is 0.508 e. The number of phenols is 1. The third-order valence-electron chi connectivity index (χ3n) is 6.06. The van der Waals surface area contributed by atoms with E-state index in [-0.39, 0.29) is 29.2 Å². The van der Waals surface area contributed by atoms with Gasteiger partial charge in [0.15, 0.2) is 5.78 Å². The van der Waals surface area contributed by atoms with Gasteiger partial charge in [-0.1, -0.05) is 60.7 Å². The Morgan fingerprint density at radius 2 is 1.61 bits per heavy atom. The molecular weight excluding hydrogens is 464 g/mol. The molecule has 0 radical (unpaired) electrons. The van der Waals surface area contributed by atoms with Crippen molar-refractivity contribution in [2.45, 2.75) is 37.1 Å². The molecule has 8 heteroatoms. The zero-order valence-corrected chi connectivity index (χ0v) is 19.3. The highest BCUT2D eigenvalue weighted by Crippen LogP contribution is 2.37. The van der Waals surface area contributed by atoms with Gasteiger partial charge in [-0.2, -0.15) is 0 Å². The SMILES string of the molecule is O=C(C=Cc1ccc(O)cc1)c1c(OCc2ccccc2)cccc1[C@@H]1O[C@H](CO)[C@@H](O)[C@H](O)[C@H]1O. The Kier molecular flexibility index (Phi) is 8.14. The Morgan fingerprint density at radius 1 is 0.889 bits per heavy atom. The molecule has 3 aromatic rings. The summed E-state index contributed by atoms with van der Waals surface area (Å²) >= 11 is 0. The van der Waals surface area contributed by atoms with Crippen LogP contribution in [0.5, 0.6) is 11.5 Å². The average molecular weight is 493 g/mol. The summed E-state index contributed by atoms with van der Waals surface area (Å²) in [6, 6.07) is 20.5. The predicted octanol–water partition coefficient (Wildman–Crippen LogP) is 2.38. The minimum atomic E-state index is -1.59. The lowest BCUT2D eigenvalue weighted by atomic mass is 9.87. The summed E-state index contributed by atoms with van der Waals surface area (Å²) in [7, 11) is 0. The summed E-state index contributed by atoms with van der Waals surface area (Å²) in [5.41, 5.74) is 1.93. The molecule has 1 fully saturated rings. The van der Waals surface area contributed by atoms with Crippen molar-refractivity contribution >= 4 is 11.9 Å². The van der Waals surface area contributed by atoms with Gasteiger partial charge in [-0.3, -0.25) is 4.79 Å². The first-order valence-corrected chi connectivity index (χ1v) is 11.5. The molecular formula is C28H28O8. The van der Waals surface area contributed by atoms with Crippen LogP contribution >= 0.6 is 0 Å². The second-order valence-electron chi connectivity index (χ2n) is 8.53. The summed E-state index contributed by atoms with van der Waals surface area (Å²) in [4.78, 5) is 13.5. The number of carbonyl (C=O) groups is 1. The van der Waals surface area contributed by atoms with Crippen molar-refractivity contribution < 1.29 is 39.8 Å². The Labute approximate surface area is 208 Å². The molecule has 8 nitrogen and oxygen atoms in total. The van der Waals surface area contributed by atoms with Crippen molar-refractivity contribution in [3.8, 4) is 11.5 Å². The number of hydrogen-bond acceptors (Lipinski definition) is 8. The van der Waals surface area contributed by atoms with Gasteiger partial charge in [-0.05, 0) is 41.0 Å². The first kappa shape index (κ1) is 25.6. The Hall–Kier alpha value is -3.53. The van der Waals surface area contributed by atoms with E-state index < -0.39 is 42.9 Å². The number of hydrogen-bond donors (Lipinski definition) is 5. The second kappa shape index (κ2) is 11.5. The summed E-state index contributed by atoms with van der Waals surface area (Å²) in [5.74, 6) is -0.101. The molecule has 5 atom stereocenters. The smallest absolute Gasteiger partial charge is 0.189 e. The van der Waals surface area contributed by atoms with E-state index >= 15 is 0 Å². The number of rotatable bonds is 8. The highest BCUT2D eigenvalue weighted by molar-refractivity contribution is 6.09. The van der Waals surface area contributed by atoms with Gasteiger partial charge in [-0.25, -0.2) is 0 Å². The van der Waals surface area contributed by atoms with Crippen LogP contribution < -0.4 is 4.74 Å². The third kappa shape index (κ3) is 5.64. The first-order chi connectivity index (χ1) is 17.4. The normalized spacial score (nSPS) is 24.1. The average Bonchev–Trinajstić information content (AvgIpc) is 2.90. The zero-order valence-electron chi connectivity index (χ0n) is 19.3. The number of aliphatic hydroxyl groups excluding tert-OH is 4. The van der Waals surface area contributed by atoms with E-state index in [2.05, 4.69) is 0 Å². The number of benzene rings is 3. The number of ether oxygens (including phenoxy) is 2. The molecule has 0 unspecified atom stereocenters. The van der Waals surface area contributed by atoms with Crippen molar-refractivity contribution in [1.82, 2.24) is 0 Å². The highest BCUT2D eigenvalue weighted by Gasteiger charge is 2.45. The molecule has 188 valence electrons. The first-order valence-electron chi connectivity index (χ1n) is 11.5. The van der Waals surface area contributed by atoms with Gasteiger partial charge >= 0.3 is 0 Å². The molecule has 1 saturated heterocycles. The van der Waals surface area contributed by atoms with E-state index in [0.29, 0.717) is 5.56 Å². The summed E-state index contributed by atoms with van der Waals surface area (Å²) in [6.07, 6.45) is -4.09. The summed E-state index contributed by atoms with van der Waals surface area (Å²) in [6.45, 7) is -0.406. The van der Waals surface area contributed by atoms with E-state index in [9.17, 15) is 30.3 Å². The zero-order chi connectivity index (χ0) is 25.7. The van der Waals surface area contributed by atoms with Crippen LogP contribution in [0.2, 0.25) is 0 Å². The molecule has 36 heavy (non-hydrogen) atoms. The Balaban J connectivity index is 1.72. The minimum Gasteiger partial charge on any atom is -0.508 e.